The first-order valence-corrected chi connectivity index (χ1v) is 7.56. The molecule has 1 amide bonds. The first kappa shape index (κ1) is 16.1. The molecule has 0 bridgehead atoms. The van der Waals surface area contributed by atoms with Crippen LogP contribution in [0.2, 0.25) is 0 Å². The van der Waals surface area contributed by atoms with Crippen molar-refractivity contribution in [2.75, 3.05) is 19.7 Å². The standard InChI is InChI=1S/C15H17N5O4/c1-11-8-18(6-7-24-11)14(21)9-19-10-16-15(17-19)12-2-4-13(5-3-12)20(22)23/h2-5,10-11H,6-9H2,1H3/t11-/m1/s1. The summed E-state index contributed by atoms with van der Waals surface area (Å²) in [6.45, 7) is 3.72. The number of nitro benzene ring substituents is 1. The first-order valence-electron chi connectivity index (χ1n) is 7.56. The van der Waals surface area contributed by atoms with Crippen LogP contribution in [0.1, 0.15) is 6.92 Å². The Balaban J connectivity index is 1.66. The smallest absolute Gasteiger partial charge is 0.269 e. The van der Waals surface area contributed by atoms with E-state index in [-0.39, 0.29) is 24.2 Å². The third-order valence-corrected chi connectivity index (χ3v) is 3.76. The number of morpholine rings is 1. The Bertz CT molecular complexity index is 743. The van der Waals surface area contributed by atoms with Crippen LogP contribution in [0.4, 0.5) is 5.69 Å². The number of aromatic nitrogens is 3. The zero-order valence-electron chi connectivity index (χ0n) is 13.2. The van der Waals surface area contributed by atoms with Crippen molar-refractivity contribution in [3.05, 3.63) is 40.7 Å². The van der Waals surface area contributed by atoms with Gasteiger partial charge in [-0.3, -0.25) is 14.9 Å². The lowest BCUT2D eigenvalue weighted by Gasteiger charge is -2.31. The van der Waals surface area contributed by atoms with Gasteiger partial charge in [0.2, 0.25) is 5.91 Å². The second kappa shape index (κ2) is 6.75. The van der Waals surface area contributed by atoms with E-state index in [0.29, 0.717) is 31.1 Å². The van der Waals surface area contributed by atoms with E-state index in [9.17, 15) is 14.9 Å². The van der Waals surface area contributed by atoms with E-state index in [1.54, 1.807) is 17.0 Å². The highest BCUT2D eigenvalue weighted by molar-refractivity contribution is 5.76. The summed E-state index contributed by atoms with van der Waals surface area (Å²) in [6, 6.07) is 5.97. The third kappa shape index (κ3) is 3.57. The Kier molecular flexibility index (Phi) is 4.52. The monoisotopic (exact) mass is 331 g/mol. The van der Waals surface area contributed by atoms with Crippen molar-refractivity contribution in [3.8, 4) is 11.4 Å². The van der Waals surface area contributed by atoms with E-state index in [2.05, 4.69) is 10.1 Å². The van der Waals surface area contributed by atoms with E-state index in [1.807, 2.05) is 6.92 Å². The van der Waals surface area contributed by atoms with Gasteiger partial charge < -0.3 is 9.64 Å². The van der Waals surface area contributed by atoms with Crippen LogP contribution in [-0.2, 0) is 16.1 Å². The summed E-state index contributed by atoms with van der Waals surface area (Å²) in [6.07, 6.45) is 1.52. The summed E-state index contributed by atoms with van der Waals surface area (Å²) in [5.74, 6) is 0.387. The van der Waals surface area contributed by atoms with Gasteiger partial charge in [-0.2, -0.15) is 5.10 Å². The minimum absolute atomic E-state index is 0.00907. The van der Waals surface area contributed by atoms with Crippen molar-refractivity contribution >= 4 is 11.6 Å². The minimum Gasteiger partial charge on any atom is -0.375 e. The summed E-state index contributed by atoms with van der Waals surface area (Å²) in [7, 11) is 0. The second-order valence-corrected chi connectivity index (χ2v) is 5.59. The Hall–Kier alpha value is -2.81. The number of rotatable bonds is 4. The van der Waals surface area contributed by atoms with Gasteiger partial charge in [0.25, 0.3) is 5.69 Å². The molecule has 9 nitrogen and oxygen atoms in total. The maximum Gasteiger partial charge on any atom is 0.269 e. The molecule has 0 unspecified atom stereocenters. The summed E-state index contributed by atoms with van der Waals surface area (Å²) in [5, 5.41) is 14.9. The van der Waals surface area contributed by atoms with E-state index in [1.165, 1.54) is 23.1 Å². The van der Waals surface area contributed by atoms with Crippen LogP contribution in [0, 0.1) is 10.1 Å². The first-order chi connectivity index (χ1) is 11.5. The summed E-state index contributed by atoms with van der Waals surface area (Å²) >= 11 is 0. The number of hydrogen-bond donors (Lipinski definition) is 0. The number of carbonyl (C=O) groups excluding carboxylic acids is 1. The van der Waals surface area contributed by atoms with Gasteiger partial charge in [0.1, 0.15) is 12.9 Å². The Morgan fingerprint density at radius 2 is 2.17 bits per heavy atom. The van der Waals surface area contributed by atoms with Crippen molar-refractivity contribution in [3.63, 3.8) is 0 Å². The van der Waals surface area contributed by atoms with Crippen molar-refractivity contribution in [2.24, 2.45) is 0 Å². The van der Waals surface area contributed by atoms with Gasteiger partial charge in [-0.05, 0) is 19.1 Å². The van der Waals surface area contributed by atoms with Crippen LogP contribution < -0.4 is 0 Å². The molecule has 1 fully saturated rings. The molecule has 1 aromatic heterocycles. The van der Waals surface area contributed by atoms with Crippen molar-refractivity contribution < 1.29 is 14.5 Å². The molecule has 1 atom stereocenters. The SMILES string of the molecule is C[C@@H]1CN(C(=O)Cn2cnc(-c3ccc([N+](=O)[O-])cc3)n2)CCO1. The Labute approximate surface area is 138 Å². The number of ether oxygens (including phenoxy) is 1. The van der Waals surface area contributed by atoms with Gasteiger partial charge in [-0.25, -0.2) is 9.67 Å². The third-order valence-electron chi connectivity index (χ3n) is 3.76. The number of benzene rings is 1. The molecule has 24 heavy (non-hydrogen) atoms. The van der Waals surface area contributed by atoms with Gasteiger partial charge in [-0.1, -0.05) is 0 Å². The average Bonchev–Trinajstić information content (AvgIpc) is 3.03. The maximum atomic E-state index is 12.3. The molecule has 1 aliphatic rings. The maximum absolute atomic E-state index is 12.3. The molecule has 1 saturated heterocycles. The highest BCUT2D eigenvalue weighted by Crippen LogP contribution is 2.19. The van der Waals surface area contributed by atoms with Gasteiger partial charge >= 0.3 is 0 Å². The van der Waals surface area contributed by atoms with Gasteiger partial charge in [0.05, 0.1) is 17.6 Å². The molecule has 0 radical (unpaired) electrons. The second-order valence-electron chi connectivity index (χ2n) is 5.59. The molecule has 0 saturated carbocycles. The normalized spacial score (nSPS) is 17.7. The van der Waals surface area contributed by atoms with Crippen LogP contribution in [-0.4, -0.2) is 56.3 Å². The van der Waals surface area contributed by atoms with E-state index in [4.69, 9.17) is 4.74 Å². The predicted octanol–water partition coefficient (Wildman–Crippen LogP) is 1.10. The molecule has 2 aromatic rings. The fourth-order valence-corrected chi connectivity index (χ4v) is 2.52. The molecule has 0 N–H and O–H groups in total. The number of non-ortho nitro benzene ring substituents is 1. The lowest BCUT2D eigenvalue weighted by Crippen LogP contribution is -2.45. The molecular weight excluding hydrogens is 314 g/mol. The predicted molar refractivity (Wildman–Crippen MR) is 84.1 cm³/mol. The largest absolute Gasteiger partial charge is 0.375 e. The van der Waals surface area contributed by atoms with Gasteiger partial charge in [0, 0.05) is 30.8 Å². The van der Waals surface area contributed by atoms with E-state index >= 15 is 0 Å². The summed E-state index contributed by atoms with van der Waals surface area (Å²) < 4.78 is 6.89. The number of nitro groups is 1. The summed E-state index contributed by atoms with van der Waals surface area (Å²) in [4.78, 5) is 28.4. The highest BCUT2D eigenvalue weighted by atomic mass is 16.6. The van der Waals surface area contributed by atoms with Crippen LogP contribution in [0.15, 0.2) is 30.6 Å². The zero-order chi connectivity index (χ0) is 17.1. The van der Waals surface area contributed by atoms with E-state index in [0.717, 1.165) is 0 Å². The topological polar surface area (TPSA) is 103 Å². The lowest BCUT2D eigenvalue weighted by molar-refractivity contribution is -0.384. The molecule has 9 heteroatoms. The lowest BCUT2D eigenvalue weighted by atomic mass is 10.2. The fraction of sp³-hybridized carbons (Fsp3) is 0.400. The molecule has 1 aromatic carbocycles. The van der Waals surface area contributed by atoms with Crippen LogP contribution in [0.3, 0.4) is 0 Å². The Morgan fingerprint density at radius 3 is 2.83 bits per heavy atom. The number of amides is 1. The van der Waals surface area contributed by atoms with Crippen molar-refractivity contribution in [1.29, 1.82) is 0 Å². The summed E-state index contributed by atoms with van der Waals surface area (Å²) in [5.41, 5.74) is 0.668. The van der Waals surface area contributed by atoms with Crippen LogP contribution in [0.5, 0.6) is 0 Å². The molecular formula is C15H17N5O4. The number of hydrogen-bond acceptors (Lipinski definition) is 6. The molecule has 0 spiro atoms. The quantitative estimate of drug-likeness (QED) is 0.614. The highest BCUT2D eigenvalue weighted by Gasteiger charge is 2.21. The average molecular weight is 331 g/mol. The van der Waals surface area contributed by atoms with Crippen LogP contribution in [0.25, 0.3) is 11.4 Å². The molecule has 126 valence electrons. The molecule has 2 heterocycles. The Morgan fingerprint density at radius 1 is 1.42 bits per heavy atom. The minimum atomic E-state index is -0.461. The fourth-order valence-electron chi connectivity index (χ4n) is 2.52. The van der Waals surface area contributed by atoms with Crippen LogP contribution >= 0.6 is 0 Å². The zero-order valence-corrected chi connectivity index (χ0v) is 13.2. The molecule has 3 rings (SSSR count). The van der Waals surface area contributed by atoms with Gasteiger partial charge in [0.15, 0.2) is 5.82 Å². The van der Waals surface area contributed by atoms with Crippen molar-refractivity contribution in [2.45, 2.75) is 19.6 Å². The number of nitrogens with zero attached hydrogens (tertiary/aromatic N) is 5. The number of carbonyl (C=O) groups is 1. The van der Waals surface area contributed by atoms with Gasteiger partial charge in [-0.15, -0.1) is 0 Å². The molecule has 0 aliphatic carbocycles. The van der Waals surface area contributed by atoms with E-state index < -0.39 is 4.92 Å². The van der Waals surface area contributed by atoms with Crippen molar-refractivity contribution in [1.82, 2.24) is 19.7 Å². The molecule has 1 aliphatic heterocycles.